The Hall–Kier alpha value is -3.28. The fourth-order valence-corrected chi connectivity index (χ4v) is 3.31. The maximum Gasteiger partial charge on any atom is 0.325 e. The molecular weight excluding hydrogens is 342 g/mol. The van der Waals surface area contributed by atoms with Crippen molar-refractivity contribution >= 4 is 34.8 Å². The standard InChI is InChI=1S/C21H23N3O3/c1-12(2)14-7-4-5-8-15(14)16-9-6-10-17-18(16)19(20(24-17)22-11-25)23-13(3)21(26)27/h4-13,23-24H,1-3H3,(H,22,25)(H,26,27)/t13-/m0/s1. The Bertz CT molecular complexity index is 992. The second-order valence-corrected chi connectivity index (χ2v) is 6.81. The summed E-state index contributed by atoms with van der Waals surface area (Å²) < 4.78 is 0. The van der Waals surface area contributed by atoms with Gasteiger partial charge >= 0.3 is 5.97 Å². The van der Waals surface area contributed by atoms with Crippen molar-refractivity contribution in [2.45, 2.75) is 32.7 Å². The quantitative estimate of drug-likeness (QED) is 0.467. The summed E-state index contributed by atoms with van der Waals surface area (Å²) in [6.45, 7) is 5.85. The predicted octanol–water partition coefficient (Wildman–Crippen LogP) is 4.41. The minimum absolute atomic E-state index is 0.331. The lowest BCUT2D eigenvalue weighted by Crippen LogP contribution is -2.25. The van der Waals surface area contributed by atoms with Gasteiger partial charge in [0.15, 0.2) is 0 Å². The Balaban J connectivity index is 2.29. The molecule has 1 amide bonds. The molecule has 0 saturated carbocycles. The van der Waals surface area contributed by atoms with Crippen molar-refractivity contribution in [3.05, 3.63) is 48.0 Å². The third-order valence-electron chi connectivity index (χ3n) is 4.63. The largest absolute Gasteiger partial charge is 0.480 e. The lowest BCUT2D eigenvalue weighted by molar-refractivity contribution is -0.137. The molecule has 0 aliphatic rings. The monoisotopic (exact) mass is 365 g/mol. The Morgan fingerprint density at radius 3 is 2.44 bits per heavy atom. The van der Waals surface area contributed by atoms with E-state index >= 15 is 0 Å². The number of aliphatic carboxylic acids is 1. The summed E-state index contributed by atoms with van der Waals surface area (Å²) in [6.07, 6.45) is 0.572. The van der Waals surface area contributed by atoms with Gasteiger partial charge in [-0.25, -0.2) is 0 Å². The second kappa shape index (κ2) is 7.53. The molecule has 4 N–H and O–H groups in total. The maximum atomic E-state index is 11.4. The molecule has 0 radical (unpaired) electrons. The first-order valence-electron chi connectivity index (χ1n) is 8.87. The number of rotatable bonds is 7. The van der Waals surface area contributed by atoms with Gasteiger partial charge in [0.1, 0.15) is 11.9 Å². The molecule has 1 heterocycles. The van der Waals surface area contributed by atoms with Crippen molar-refractivity contribution in [1.29, 1.82) is 0 Å². The molecule has 27 heavy (non-hydrogen) atoms. The molecule has 0 unspecified atom stereocenters. The molecule has 6 nitrogen and oxygen atoms in total. The van der Waals surface area contributed by atoms with Crippen LogP contribution in [0.3, 0.4) is 0 Å². The lowest BCUT2D eigenvalue weighted by Gasteiger charge is -2.16. The number of fused-ring (bicyclic) bond motifs is 1. The van der Waals surface area contributed by atoms with Crippen LogP contribution < -0.4 is 10.6 Å². The van der Waals surface area contributed by atoms with Crippen molar-refractivity contribution in [1.82, 2.24) is 4.98 Å². The summed E-state index contributed by atoms with van der Waals surface area (Å²) in [5.74, 6) is -0.193. The van der Waals surface area contributed by atoms with Crippen LogP contribution >= 0.6 is 0 Å². The number of nitrogens with one attached hydrogen (secondary N) is 3. The number of amides is 1. The number of carboxylic acids is 1. The van der Waals surface area contributed by atoms with Crippen molar-refractivity contribution in [2.24, 2.45) is 0 Å². The van der Waals surface area contributed by atoms with Gasteiger partial charge in [-0.3, -0.25) is 9.59 Å². The summed E-state index contributed by atoms with van der Waals surface area (Å²) >= 11 is 0. The van der Waals surface area contributed by atoms with Crippen LogP contribution in [-0.2, 0) is 9.59 Å². The number of anilines is 2. The first-order chi connectivity index (χ1) is 12.9. The number of benzene rings is 2. The van der Waals surface area contributed by atoms with Gasteiger partial charge in [-0.05, 0) is 35.6 Å². The number of hydrogen-bond acceptors (Lipinski definition) is 3. The minimum Gasteiger partial charge on any atom is -0.480 e. The second-order valence-electron chi connectivity index (χ2n) is 6.81. The van der Waals surface area contributed by atoms with Crippen LogP contribution in [0.15, 0.2) is 42.5 Å². The van der Waals surface area contributed by atoms with Crippen LogP contribution in [-0.4, -0.2) is 28.5 Å². The molecule has 0 bridgehead atoms. The molecule has 0 aliphatic heterocycles. The predicted molar refractivity (Wildman–Crippen MR) is 108 cm³/mol. The number of carbonyl (C=O) groups excluding carboxylic acids is 1. The topological polar surface area (TPSA) is 94.2 Å². The Morgan fingerprint density at radius 1 is 1.07 bits per heavy atom. The van der Waals surface area contributed by atoms with Crippen LogP contribution in [0.25, 0.3) is 22.0 Å². The Morgan fingerprint density at radius 2 is 1.78 bits per heavy atom. The van der Waals surface area contributed by atoms with Crippen molar-refractivity contribution < 1.29 is 14.7 Å². The van der Waals surface area contributed by atoms with E-state index in [1.54, 1.807) is 6.92 Å². The molecule has 6 heteroatoms. The van der Waals surface area contributed by atoms with Gasteiger partial charge in [0.2, 0.25) is 6.41 Å². The summed E-state index contributed by atoms with van der Waals surface area (Å²) in [4.78, 5) is 25.6. The Labute approximate surface area is 157 Å². The van der Waals surface area contributed by atoms with E-state index in [4.69, 9.17) is 0 Å². The normalized spacial score (nSPS) is 12.1. The average molecular weight is 365 g/mol. The average Bonchev–Trinajstić information content (AvgIpc) is 2.99. The zero-order chi connectivity index (χ0) is 19.6. The third kappa shape index (κ3) is 3.51. The van der Waals surface area contributed by atoms with Crippen molar-refractivity contribution in [3.63, 3.8) is 0 Å². The van der Waals surface area contributed by atoms with Crippen LogP contribution in [0.4, 0.5) is 11.5 Å². The molecule has 140 valence electrons. The van der Waals surface area contributed by atoms with E-state index in [0.717, 1.165) is 22.0 Å². The van der Waals surface area contributed by atoms with Gasteiger partial charge in [0.05, 0.1) is 5.69 Å². The van der Waals surface area contributed by atoms with E-state index in [0.29, 0.717) is 23.8 Å². The number of H-pyrrole nitrogens is 1. The highest BCUT2D eigenvalue weighted by molar-refractivity contribution is 6.10. The first-order valence-corrected chi connectivity index (χ1v) is 8.87. The van der Waals surface area contributed by atoms with E-state index < -0.39 is 12.0 Å². The third-order valence-corrected chi connectivity index (χ3v) is 4.63. The van der Waals surface area contributed by atoms with Gasteiger partial charge in [-0.15, -0.1) is 0 Å². The number of carbonyl (C=O) groups is 2. The van der Waals surface area contributed by atoms with Gasteiger partial charge < -0.3 is 20.7 Å². The molecule has 0 fully saturated rings. The highest BCUT2D eigenvalue weighted by atomic mass is 16.4. The van der Waals surface area contributed by atoms with E-state index in [1.165, 1.54) is 5.56 Å². The number of aromatic amines is 1. The molecule has 3 aromatic rings. The fraction of sp³-hybridized carbons (Fsp3) is 0.238. The van der Waals surface area contributed by atoms with Crippen LogP contribution in [0, 0.1) is 0 Å². The molecular formula is C21H23N3O3. The van der Waals surface area contributed by atoms with E-state index in [2.05, 4.69) is 41.6 Å². The van der Waals surface area contributed by atoms with Gasteiger partial charge in [0.25, 0.3) is 0 Å². The van der Waals surface area contributed by atoms with Gasteiger partial charge in [-0.2, -0.15) is 0 Å². The summed E-state index contributed by atoms with van der Waals surface area (Å²) in [5.41, 5.74) is 4.65. The van der Waals surface area contributed by atoms with E-state index in [-0.39, 0.29) is 0 Å². The van der Waals surface area contributed by atoms with Crippen molar-refractivity contribution in [3.8, 4) is 11.1 Å². The number of aromatic nitrogens is 1. The summed E-state index contributed by atoms with van der Waals surface area (Å²) in [6, 6.07) is 13.2. The smallest absolute Gasteiger partial charge is 0.325 e. The molecule has 1 atom stereocenters. The Kier molecular flexibility index (Phi) is 5.16. The van der Waals surface area contributed by atoms with E-state index in [9.17, 15) is 14.7 Å². The van der Waals surface area contributed by atoms with Crippen LogP contribution in [0.5, 0.6) is 0 Å². The van der Waals surface area contributed by atoms with Gasteiger partial charge in [0, 0.05) is 10.9 Å². The van der Waals surface area contributed by atoms with Gasteiger partial charge in [-0.1, -0.05) is 50.2 Å². The molecule has 0 saturated heterocycles. The molecule has 1 aromatic heterocycles. The van der Waals surface area contributed by atoms with Crippen molar-refractivity contribution in [2.75, 3.05) is 10.6 Å². The molecule has 0 spiro atoms. The molecule has 0 aliphatic carbocycles. The zero-order valence-electron chi connectivity index (χ0n) is 15.5. The number of hydrogen-bond donors (Lipinski definition) is 4. The summed E-state index contributed by atoms with van der Waals surface area (Å²) in [7, 11) is 0. The fourth-order valence-electron chi connectivity index (χ4n) is 3.31. The first kappa shape index (κ1) is 18.5. The minimum atomic E-state index is -0.971. The van der Waals surface area contributed by atoms with Crippen LogP contribution in [0.2, 0.25) is 0 Å². The zero-order valence-corrected chi connectivity index (χ0v) is 15.5. The maximum absolute atomic E-state index is 11.4. The lowest BCUT2D eigenvalue weighted by atomic mass is 9.91. The SMILES string of the molecule is CC(C)c1ccccc1-c1cccc2[nH]c(NC=O)c(N[C@@H](C)C(=O)O)c12. The molecule has 3 rings (SSSR count). The van der Waals surface area contributed by atoms with E-state index in [1.807, 2.05) is 30.3 Å². The highest BCUT2D eigenvalue weighted by Gasteiger charge is 2.21. The van der Waals surface area contributed by atoms with Crippen LogP contribution in [0.1, 0.15) is 32.3 Å². The summed E-state index contributed by atoms with van der Waals surface area (Å²) in [5, 5.41) is 15.8. The number of carboxylic acid groups (broad SMARTS) is 1. The highest BCUT2D eigenvalue weighted by Crippen LogP contribution is 2.41. The molecule has 2 aromatic carbocycles.